The van der Waals surface area contributed by atoms with E-state index >= 15 is 0 Å². The molecule has 2 heteroatoms. The van der Waals surface area contributed by atoms with E-state index in [4.69, 9.17) is 4.74 Å². The maximum Gasteiger partial charge on any atom is 0.119 e. The summed E-state index contributed by atoms with van der Waals surface area (Å²) in [4.78, 5) is 2.56. The molecule has 2 nitrogen and oxygen atoms in total. The van der Waals surface area contributed by atoms with Crippen LogP contribution in [-0.4, -0.2) is 30.6 Å². The highest BCUT2D eigenvalue weighted by molar-refractivity contribution is 5.31. The lowest BCUT2D eigenvalue weighted by Gasteiger charge is -2.33. The van der Waals surface area contributed by atoms with Gasteiger partial charge in [0.15, 0.2) is 0 Å². The van der Waals surface area contributed by atoms with Crippen LogP contribution in [0.15, 0.2) is 24.3 Å². The number of piperidine rings is 1. The van der Waals surface area contributed by atoms with E-state index in [1.807, 2.05) is 0 Å². The largest absolute Gasteiger partial charge is 0.492 e. The smallest absolute Gasteiger partial charge is 0.119 e. The van der Waals surface area contributed by atoms with Crippen LogP contribution in [-0.2, 0) is 5.41 Å². The van der Waals surface area contributed by atoms with Crippen LogP contribution in [0.3, 0.4) is 0 Å². The minimum absolute atomic E-state index is 0.192. The van der Waals surface area contributed by atoms with Crippen molar-refractivity contribution in [3.63, 3.8) is 0 Å². The number of hydrogen-bond acceptors (Lipinski definition) is 2. The molecule has 0 saturated carbocycles. The molecule has 0 amide bonds. The standard InChI is InChI=1S/C22H37NO/c1-18(23-14-8-7-9-15-23)16-24-20-12-10-19(11-13-20)22(5,6)17-21(2,3)4/h10-13,18H,7-9,14-17H2,1-6H3. The van der Waals surface area contributed by atoms with Crippen LogP contribution in [0.2, 0.25) is 0 Å². The fraction of sp³-hybridized carbons (Fsp3) is 0.727. The van der Waals surface area contributed by atoms with E-state index in [1.165, 1.54) is 44.3 Å². The molecule has 0 aliphatic carbocycles. The monoisotopic (exact) mass is 331 g/mol. The van der Waals surface area contributed by atoms with Crippen LogP contribution in [0.4, 0.5) is 0 Å². The molecule has 0 radical (unpaired) electrons. The van der Waals surface area contributed by atoms with Gasteiger partial charge < -0.3 is 4.74 Å². The summed E-state index contributed by atoms with van der Waals surface area (Å²) in [6.45, 7) is 17.1. The normalized spacial score (nSPS) is 18.4. The summed E-state index contributed by atoms with van der Waals surface area (Å²) in [6.07, 6.45) is 5.23. The number of benzene rings is 1. The highest BCUT2D eigenvalue weighted by Gasteiger charge is 2.27. The molecule has 2 rings (SSSR count). The van der Waals surface area contributed by atoms with Crippen molar-refractivity contribution in [3.8, 4) is 5.75 Å². The zero-order chi connectivity index (χ0) is 17.8. The number of nitrogens with zero attached hydrogens (tertiary/aromatic N) is 1. The highest BCUT2D eigenvalue weighted by Crippen LogP contribution is 2.36. The Bertz CT molecular complexity index is 492. The van der Waals surface area contributed by atoms with Gasteiger partial charge in [-0.2, -0.15) is 0 Å². The first-order valence-electron chi connectivity index (χ1n) is 9.65. The Kier molecular flexibility index (Phi) is 6.36. The molecule has 0 spiro atoms. The van der Waals surface area contributed by atoms with Crippen molar-refractivity contribution in [3.05, 3.63) is 29.8 Å². The van der Waals surface area contributed by atoms with Crippen LogP contribution < -0.4 is 4.74 Å². The molecule has 1 heterocycles. The van der Waals surface area contributed by atoms with Gasteiger partial charge in [0.1, 0.15) is 12.4 Å². The quantitative estimate of drug-likeness (QED) is 0.667. The van der Waals surface area contributed by atoms with Crippen LogP contribution in [0, 0.1) is 5.41 Å². The van der Waals surface area contributed by atoms with Crippen molar-refractivity contribution < 1.29 is 4.74 Å². The first-order chi connectivity index (χ1) is 11.2. The van der Waals surface area contributed by atoms with E-state index < -0.39 is 0 Å². The summed E-state index contributed by atoms with van der Waals surface area (Å²) < 4.78 is 6.05. The van der Waals surface area contributed by atoms with Gasteiger partial charge in [-0.15, -0.1) is 0 Å². The Morgan fingerprint density at radius 1 is 0.958 bits per heavy atom. The molecule has 1 fully saturated rings. The van der Waals surface area contributed by atoms with E-state index in [9.17, 15) is 0 Å². The third-order valence-corrected chi connectivity index (χ3v) is 5.11. The summed E-state index contributed by atoms with van der Waals surface area (Å²) in [7, 11) is 0. The Balaban J connectivity index is 1.89. The van der Waals surface area contributed by atoms with Gasteiger partial charge in [-0.1, -0.05) is 53.2 Å². The van der Waals surface area contributed by atoms with Crippen molar-refractivity contribution in [1.82, 2.24) is 4.90 Å². The summed E-state index contributed by atoms with van der Waals surface area (Å²) in [6, 6.07) is 9.27. The maximum atomic E-state index is 6.05. The van der Waals surface area contributed by atoms with Crippen LogP contribution >= 0.6 is 0 Å². The number of likely N-dealkylation sites (tertiary alicyclic amines) is 1. The van der Waals surface area contributed by atoms with E-state index in [0.29, 0.717) is 11.5 Å². The van der Waals surface area contributed by atoms with Gasteiger partial charge in [0.25, 0.3) is 0 Å². The first kappa shape index (κ1) is 19.3. The Morgan fingerprint density at radius 3 is 2.08 bits per heavy atom. The zero-order valence-electron chi connectivity index (χ0n) is 16.7. The second kappa shape index (κ2) is 7.91. The van der Waals surface area contributed by atoms with Gasteiger partial charge in [0.2, 0.25) is 0 Å². The topological polar surface area (TPSA) is 12.5 Å². The molecular formula is C22H37NO. The predicted molar refractivity (Wildman–Crippen MR) is 104 cm³/mol. The van der Waals surface area contributed by atoms with Crippen molar-refractivity contribution in [1.29, 1.82) is 0 Å². The minimum Gasteiger partial charge on any atom is -0.492 e. The number of ether oxygens (including phenoxy) is 1. The van der Waals surface area contributed by atoms with Crippen molar-refractivity contribution in [2.24, 2.45) is 5.41 Å². The fourth-order valence-corrected chi connectivity index (χ4v) is 4.11. The summed E-state index contributed by atoms with van der Waals surface area (Å²) in [5, 5.41) is 0. The molecule has 1 aliphatic heterocycles. The lowest BCUT2D eigenvalue weighted by Crippen LogP contribution is -2.40. The first-order valence-corrected chi connectivity index (χ1v) is 9.65. The van der Waals surface area contributed by atoms with Crippen molar-refractivity contribution in [2.75, 3.05) is 19.7 Å². The Labute approximate surface area is 149 Å². The van der Waals surface area contributed by atoms with E-state index in [2.05, 4.69) is 70.7 Å². The Hall–Kier alpha value is -1.02. The van der Waals surface area contributed by atoms with Gasteiger partial charge >= 0.3 is 0 Å². The molecule has 24 heavy (non-hydrogen) atoms. The van der Waals surface area contributed by atoms with Crippen molar-refractivity contribution in [2.45, 2.75) is 78.7 Å². The fourth-order valence-electron chi connectivity index (χ4n) is 4.11. The van der Waals surface area contributed by atoms with Crippen LogP contribution in [0.5, 0.6) is 5.75 Å². The van der Waals surface area contributed by atoms with Gasteiger partial charge in [-0.25, -0.2) is 0 Å². The third kappa shape index (κ3) is 5.81. The summed E-state index contributed by atoms with van der Waals surface area (Å²) in [5.41, 5.74) is 1.93. The molecule has 0 N–H and O–H groups in total. The van der Waals surface area contributed by atoms with Gasteiger partial charge in [0.05, 0.1) is 0 Å². The van der Waals surface area contributed by atoms with E-state index in [1.54, 1.807) is 0 Å². The van der Waals surface area contributed by atoms with Crippen molar-refractivity contribution >= 4 is 0 Å². The predicted octanol–water partition coefficient (Wildman–Crippen LogP) is 5.65. The molecule has 136 valence electrons. The molecule has 1 unspecified atom stereocenters. The lowest BCUT2D eigenvalue weighted by molar-refractivity contribution is 0.125. The highest BCUT2D eigenvalue weighted by atomic mass is 16.5. The number of hydrogen-bond donors (Lipinski definition) is 0. The summed E-state index contributed by atoms with van der Waals surface area (Å²) in [5.74, 6) is 0.995. The average molecular weight is 332 g/mol. The van der Waals surface area contributed by atoms with E-state index in [0.717, 1.165) is 12.4 Å². The Morgan fingerprint density at radius 2 is 1.54 bits per heavy atom. The second-order valence-corrected chi connectivity index (χ2v) is 9.40. The summed E-state index contributed by atoms with van der Waals surface area (Å²) >= 11 is 0. The molecule has 0 aromatic heterocycles. The maximum absolute atomic E-state index is 6.05. The number of rotatable bonds is 6. The van der Waals surface area contributed by atoms with Gasteiger partial charge in [-0.05, 0) is 67.8 Å². The SMILES string of the molecule is CC(COc1ccc(C(C)(C)CC(C)(C)C)cc1)N1CCCCC1. The van der Waals surface area contributed by atoms with Crippen LogP contribution in [0.25, 0.3) is 0 Å². The van der Waals surface area contributed by atoms with Gasteiger partial charge in [0, 0.05) is 6.04 Å². The zero-order valence-corrected chi connectivity index (χ0v) is 16.7. The van der Waals surface area contributed by atoms with E-state index in [-0.39, 0.29) is 5.41 Å². The minimum atomic E-state index is 0.192. The third-order valence-electron chi connectivity index (χ3n) is 5.11. The lowest BCUT2D eigenvalue weighted by atomic mass is 9.72. The molecule has 1 atom stereocenters. The molecule has 1 aliphatic rings. The average Bonchev–Trinajstić information content (AvgIpc) is 2.51. The molecule has 1 saturated heterocycles. The molecule has 1 aromatic rings. The van der Waals surface area contributed by atoms with Crippen LogP contribution in [0.1, 0.15) is 72.8 Å². The molecule has 1 aromatic carbocycles. The van der Waals surface area contributed by atoms with Gasteiger partial charge in [-0.3, -0.25) is 4.90 Å². The molecule has 0 bridgehead atoms. The molecular weight excluding hydrogens is 294 g/mol. The second-order valence-electron chi connectivity index (χ2n) is 9.40.